The summed E-state index contributed by atoms with van der Waals surface area (Å²) in [5.41, 5.74) is 10.6. The Kier molecular flexibility index (Phi) is 5.92. The molecule has 0 aliphatic heterocycles. The third-order valence-electron chi connectivity index (χ3n) is 5.32. The van der Waals surface area contributed by atoms with Crippen molar-refractivity contribution in [3.63, 3.8) is 0 Å². The number of aromatic nitrogens is 2. The Bertz CT molecular complexity index is 1520. The number of hydrogen-bond acceptors (Lipinski definition) is 6. The van der Waals surface area contributed by atoms with Gasteiger partial charge in [0, 0.05) is 57.8 Å². The Balaban J connectivity index is 1.28. The molecule has 0 saturated heterocycles. The number of nitrogen functional groups attached to an aromatic ring is 1. The van der Waals surface area contributed by atoms with Crippen molar-refractivity contribution < 1.29 is 9.18 Å². The molecular weight excluding hydrogens is 443 g/mol. The highest BCUT2D eigenvalue weighted by atomic mass is 19.1. The van der Waals surface area contributed by atoms with Crippen LogP contribution in [0.5, 0.6) is 0 Å². The van der Waals surface area contributed by atoms with E-state index in [-0.39, 0.29) is 11.7 Å². The van der Waals surface area contributed by atoms with Crippen LogP contribution in [-0.2, 0) is 0 Å². The summed E-state index contributed by atoms with van der Waals surface area (Å²) in [6, 6.07) is 24.2. The van der Waals surface area contributed by atoms with Crippen molar-refractivity contribution in [3.05, 3.63) is 109 Å². The number of rotatable bonds is 6. The molecule has 0 saturated carbocycles. The zero-order valence-corrected chi connectivity index (χ0v) is 18.5. The fourth-order valence-corrected chi connectivity index (χ4v) is 3.65. The minimum absolute atomic E-state index is 0.248. The van der Waals surface area contributed by atoms with Crippen LogP contribution in [0, 0.1) is 5.82 Å². The highest BCUT2D eigenvalue weighted by Crippen LogP contribution is 2.26. The zero-order chi connectivity index (χ0) is 24.2. The van der Waals surface area contributed by atoms with E-state index in [9.17, 15) is 9.18 Å². The lowest BCUT2D eigenvalue weighted by Gasteiger charge is -2.12. The third kappa shape index (κ3) is 5.17. The molecule has 0 aliphatic rings. The first-order valence-electron chi connectivity index (χ1n) is 10.8. The summed E-state index contributed by atoms with van der Waals surface area (Å²) in [4.78, 5) is 21.1. The van der Waals surface area contributed by atoms with Crippen LogP contribution < -0.4 is 21.7 Å². The number of carbonyl (C=O) groups excluding carboxylic acids is 1. The van der Waals surface area contributed by atoms with Crippen LogP contribution in [0.1, 0.15) is 10.4 Å². The van der Waals surface area contributed by atoms with E-state index in [0.29, 0.717) is 39.3 Å². The predicted molar refractivity (Wildman–Crippen MR) is 138 cm³/mol. The maximum atomic E-state index is 13.8. The molecule has 0 bridgehead atoms. The normalized spacial score (nSPS) is 10.7. The number of pyridine rings is 2. The van der Waals surface area contributed by atoms with E-state index in [2.05, 4.69) is 25.9 Å². The van der Waals surface area contributed by atoms with Crippen LogP contribution in [0.3, 0.4) is 0 Å². The molecule has 5 N–H and O–H groups in total. The minimum atomic E-state index is -0.340. The maximum Gasteiger partial charge on any atom is 0.255 e. The van der Waals surface area contributed by atoms with Crippen LogP contribution in [0.25, 0.3) is 10.9 Å². The van der Waals surface area contributed by atoms with E-state index in [4.69, 9.17) is 5.73 Å². The first kappa shape index (κ1) is 21.8. The largest absolute Gasteiger partial charge is 0.384 e. The van der Waals surface area contributed by atoms with Crippen LogP contribution >= 0.6 is 0 Å². The molecule has 7 nitrogen and oxygen atoms in total. The molecule has 0 atom stereocenters. The minimum Gasteiger partial charge on any atom is -0.384 e. The lowest BCUT2D eigenvalue weighted by atomic mass is 10.1. The van der Waals surface area contributed by atoms with Crippen LogP contribution in [-0.4, -0.2) is 15.9 Å². The summed E-state index contributed by atoms with van der Waals surface area (Å²) in [5.74, 6) is -0.158. The van der Waals surface area contributed by atoms with Gasteiger partial charge in [0.15, 0.2) is 0 Å². The number of amides is 1. The van der Waals surface area contributed by atoms with Gasteiger partial charge < -0.3 is 21.7 Å². The zero-order valence-electron chi connectivity index (χ0n) is 18.5. The Morgan fingerprint density at radius 3 is 2.34 bits per heavy atom. The van der Waals surface area contributed by atoms with E-state index in [0.717, 1.165) is 11.4 Å². The smallest absolute Gasteiger partial charge is 0.255 e. The summed E-state index contributed by atoms with van der Waals surface area (Å²) in [5, 5.41) is 10.1. The number of carbonyl (C=O) groups is 1. The standard InChI is InChI=1S/C27H21FN6O/c28-18-4-9-24-23(15-18)25(11-13-30-24)33-21-3-1-2-17(14-21)27(35)34-20-7-5-19(6-8-20)32-22-10-12-31-26(29)16-22/h1-16H,(H,30,33)(H,34,35)(H3,29,31,32). The monoisotopic (exact) mass is 464 g/mol. The number of halogens is 1. The van der Waals surface area contributed by atoms with E-state index < -0.39 is 0 Å². The number of nitrogens with two attached hydrogens (primary N) is 1. The fraction of sp³-hybridized carbons (Fsp3) is 0. The maximum absolute atomic E-state index is 13.8. The molecule has 0 fully saturated rings. The predicted octanol–water partition coefficient (Wildman–Crippen LogP) is 6.09. The summed E-state index contributed by atoms with van der Waals surface area (Å²) >= 11 is 0. The third-order valence-corrected chi connectivity index (χ3v) is 5.32. The van der Waals surface area contributed by atoms with Crippen LogP contribution in [0.4, 0.5) is 38.6 Å². The quantitative estimate of drug-likeness (QED) is 0.242. The first-order chi connectivity index (χ1) is 17.0. The highest BCUT2D eigenvalue weighted by Gasteiger charge is 2.09. The van der Waals surface area contributed by atoms with Crippen molar-refractivity contribution in [2.24, 2.45) is 0 Å². The number of nitrogens with zero attached hydrogens (tertiary/aromatic N) is 2. The lowest BCUT2D eigenvalue weighted by molar-refractivity contribution is 0.102. The van der Waals surface area contributed by atoms with Gasteiger partial charge >= 0.3 is 0 Å². The topological polar surface area (TPSA) is 105 Å². The summed E-state index contributed by atoms with van der Waals surface area (Å²) < 4.78 is 13.8. The molecule has 35 heavy (non-hydrogen) atoms. The van der Waals surface area contributed by atoms with Crippen molar-refractivity contribution in [1.82, 2.24) is 9.97 Å². The molecule has 5 rings (SSSR count). The van der Waals surface area contributed by atoms with Gasteiger partial charge in [-0.1, -0.05) is 6.07 Å². The molecule has 8 heteroatoms. The second-order valence-corrected chi connectivity index (χ2v) is 7.85. The number of anilines is 6. The summed E-state index contributed by atoms with van der Waals surface area (Å²) in [6.45, 7) is 0. The average molecular weight is 465 g/mol. The van der Waals surface area contributed by atoms with Gasteiger partial charge in [0.1, 0.15) is 11.6 Å². The Labute approximate surface area is 200 Å². The molecule has 2 heterocycles. The van der Waals surface area contributed by atoms with Crippen LogP contribution in [0.15, 0.2) is 97.3 Å². The summed E-state index contributed by atoms with van der Waals surface area (Å²) in [6.07, 6.45) is 3.28. The highest BCUT2D eigenvalue weighted by molar-refractivity contribution is 6.05. The molecule has 0 spiro atoms. The fourth-order valence-electron chi connectivity index (χ4n) is 3.65. The van der Waals surface area contributed by atoms with E-state index in [1.54, 1.807) is 48.8 Å². The van der Waals surface area contributed by atoms with E-state index in [1.807, 2.05) is 36.4 Å². The number of nitrogens with one attached hydrogen (secondary N) is 3. The first-order valence-corrected chi connectivity index (χ1v) is 10.8. The van der Waals surface area contributed by atoms with Crippen molar-refractivity contribution in [2.45, 2.75) is 0 Å². The Morgan fingerprint density at radius 1 is 0.743 bits per heavy atom. The Hall–Kier alpha value is -4.98. The molecule has 0 aliphatic carbocycles. The van der Waals surface area contributed by atoms with Crippen molar-refractivity contribution in [3.8, 4) is 0 Å². The van der Waals surface area contributed by atoms with Gasteiger partial charge in [0.2, 0.25) is 0 Å². The lowest BCUT2D eigenvalue weighted by Crippen LogP contribution is -2.12. The second-order valence-electron chi connectivity index (χ2n) is 7.85. The van der Waals surface area contributed by atoms with E-state index >= 15 is 0 Å². The molecule has 3 aromatic carbocycles. The van der Waals surface area contributed by atoms with Gasteiger partial charge in [-0.3, -0.25) is 9.78 Å². The average Bonchev–Trinajstić information content (AvgIpc) is 2.86. The van der Waals surface area contributed by atoms with Crippen molar-refractivity contribution in [1.29, 1.82) is 0 Å². The summed E-state index contributed by atoms with van der Waals surface area (Å²) in [7, 11) is 0. The van der Waals surface area contributed by atoms with Crippen molar-refractivity contribution >= 4 is 51.1 Å². The van der Waals surface area contributed by atoms with Gasteiger partial charge in [-0.25, -0.2) is 9.37 Å². The molecule has 0 unspecified atom stereocenters. The number of hydrogen-bond donors (Lipinski definition) is 4. The van der Waals surface area contributed by atoms with Gasteiger partial charge in [0.25, 0.3) is 5.91 Å². The van der Waals surface area contributed by atoms with Gasteiger partial charge in [0.05, 0.1) is 5.52 Å². The van der Waals surface area contributed by atoms with Crippen LogP contribution in [0.2, 0.25) is 0 Å². The van der Waals surface area contributed by atoms with Gasteiger partial charge in [-0.15, -0.1) is 0 Å². The molecule has 2 aromatic heterocycles. The number of fused-ring (bicyclic) bond motifs is 1. The van der Waals surface area contributed by atoms with Gasteiger partial charge in [-0.2, -0.15) is 0 Å². The molecule has 5 aromatic rings. The van der Waals surface area contributed by atoms with Crippen molar-refractivity contribution in [2.75, 3.05) is 21.7 Å². The van der Waals surface area contributed by atoms with Gasteiger partial charge in [-0.05, 0) is 72.8 Å². The SMILES string of the molecule is Nc1cc(Nc2ccc(NC(=O)c3cccc(Nc4ccnc5ccc(F)cc45)c3)cc2)ccn1. The Morgan fingerprint density at radius 2 is 1.51 bits per heavy atom. The molecule has 0 radical (unpaired) electrons. The second kappa shape index (κ2) is 9.48. The molecule has 1 amide bonds. The van der Waals surface area contributed by atoms with E-state index in [1.165, 1.54) is 12.1 Å². The number of benzene rings is 3. The molecular formula is C27H21FN6O. The molecule has 172 valence electrons.